The summed E-state index contributed by atoms with van der Waals surface area (Å²) in [6, 6.07) is 10.8. The maximum absolute atomic E-state index is 12.5. The highest BCUT2D eigenvalue weighted by Crippen LogP contribution is 2.36. The van der Waals surface area contributed by atoms with Crippen LogP contribution >= 0.6 is 23.1 Å². The van der Waals surface area contributed by atoms with Gasteiger partial charge in [0.2, 0.25) is 11.8 Å². The number of aryl methyl sites for hydroxylation is 1. The van der Waals surface area contributed by atoms with E-state index in [2.05, 4.69) is 20.6 Å². The number of carbonyl (C=O) groups is 3. The van der Waals surface area contributed by atoms with Crippen LogP contribution in [0.5, 0.6) is 5.75 Å². The van der Waals surface area contributed by atoms with Gasteiger partial charge in [0, 0.05) is 6.20 Å². The first-order valence-corrected chi connectivity index (χ1v) is 12.5. The summed E-state index contributed by atoms with van der Waals surface area (Å²) < 4.78 is 6.41. The van der Waals surface area contributed by atoms with Crippen LogP contribution in [0.25, 0.3) is 0 Å². The Labute approximate surface area is 211 Å². The van der Waals surface area contributed by atoms with Crippen LogP contribution in [0.2, 0.25) is 0 Å². The molecule has 3 N–H and O–H groups in total. The summed E-state index contributed by atoms with van der Waals surface area (Å²) in [4.78, 5) is 44.7. The van der Waals surface area contributed by atoms with Crippen molar-refractivity contribution in [2.75, 3.05) is 17.2 Å². The van der Waals surface area contributed by atoms with Crippen LogP contribution in [0.15, 0.2) is 51.8 Å². The average molecular weight is 515 g/mol. The van der Waals surface area contributed by atoms with Crippen molar-refractivity contribution in [2.24, 2.45) is 5.92 Å². The molecule has 2 heterocycles. The number of nitrogens with one attached hydrogen (secondary N) is 2. The van der Waals surface area contributed by atoms with Crippen molar-refractivity contribution in [1.82, 2.24) is 9.97 Å². The number of aromatic nitrogens is 2. The quantitative estimate of drug-likeness (QED) is 0.316. The van der Waals surface area contributed by atoms with Crippen LogP contribution in [0.3, 0.4) is 0 Å². The minimum atomic E-state index is -1.04. The first kappa shape index (κ1) is 26.2. The van der Waals surface area contributed by atoms with E-state index in [0.717, 1.165) is 16.9 Å². The summed E-state index contributed by atoms with van der Waals surface area (Å²) in [7, 11) is 0. The number of rotatable bonds is 11. The molecule has 1 aromatic carbocycles. The van der Waals surface area contributed by atoms with E-state index >= 15 is 0 Å². The predicted octanol–water partition coefficient (Wildman–Crippen LogP) is 4.63. The Kier molecular flexibility index (Phi) is 9.21. The largest absolute Gasteiger partial charge is 0.491 e. The third-order valence-corrected chi connectivity index (χ3v) is 6.55. The Hall–Kier alpha value is -3.44. The van der Waals surface area contributed by atoms with Crippen LogP contribution in [-0.4, -0.2) is 39.5 Å². The molecule has 0 aliphatic heterocycles. The number of anilines is 2. The van der Waals surface area contributed by atoms with Gasteiger partial charge in [0.25, 0.3) is 0 Å². The molecule has 0 unspecified atom stereocenters. The first-order valence-electron chi connectivity index (χ1n) is 10.8. The van der Waals surface area contributed by atoms with Crippen molar-refractivity contribution in [2.45, 2.75) is 42.8 Å². The topological polar surface area (TPSA) is 131 Å². The van der Waals surface area contributed by atoms with E-state index < -0.39 is 24.2 Å². The third kappa shape index (κ3) is 8.37. The molecule has 0 bridgehead atoms. The predicted molar refractivity (Wildman–Crippen MR) is 135 cm³/mol. The molecule has 3 aromatic rings. The number of nitrogens with zero attached hydrogens (tertiary/aromatic N) is 2. The Morgan fingerprint density at radius 2 is 1.91 bits per heavy atom. The van der Waals surface area contributed by atoms with Crippen LogP contribution in [0, 0.1) is 12.8 Å². The normalized spacial score (nSPS) is 10.7. The van der Waals surface area contributed by atoms with Crippen LogP contribution in [-0.2, 0) is 20.8 Å². The molecule has 0 spiro atoms. The lowest BCUT2D eigenvalue weighted by Crippen LogP contribution is -2.22. The number of carbonyl (C=O) groups excluding carboxylic acids is 2. The minimum Gasteiger partial charge on any atom is -0.491 e. The fourth-order valence-electron chi connectivity index (χ4n) is 2.84. The average Bonchev–Trinajstić information content (AvgIpc) is 3.13. The SMILES string of the molecule is Cc1ccc(NC(=O)CC(=O)Nc2nc(CC(=O)O)c(Sc3ccccn3)s2)c(OCC(C)C)c1. The van der Waals surface area contributed by atoms with E-state index in [1.807, 2.05) is 39.0 Å². The summed E-state index contributed by atoms with van der Waals surface area (Å²) in [5.41, 5.74) is 1.80. The van der Waals surface area contributed by atoms with Gasteiger partial charge in [-0.1, -0.05) is 49.1 Å². The van der Waals surface area contributed by atoms with Crippen LogP contribution < -0.4 is 15.4 Å². The summed E-state index contributed by atoms with van der Waals surface area (Å²) in [6.07, 6.45) is 0.900. The zero-order chi connectivity index (χ0) is 25.4. The van der Waals surface area contributed by atoms with E-state index in [9.17, 15) is 19.5 Å². The second kappa shape index (κ2) is 12.3. The highest BCUT2D eigenvalue weighted by molar-refractivity contribution is 8.01. The number of aliphatic carboxylic acids is 1. The Morgan fingerprint density at radius 3 is 2.60 bits per heavy atom. The van der Waals surface area contributed by atoms with Crippen molar-refractivity contribution in [1.29, 1.82) is 0 Å². The van der Waals surface area contributed by atoms with E-state index in [-0.39, 0.29) is 11.6 Å². The second-order valence-corrected chi connectivity index (χ2v) is 10.4. The van der Waals surface area contributed by atoms with Gasteiger partial charge in [-0.3, -0.25) is 14.4 Å². The molecule has 2 amide bonds. The molecule has 0 aliphatic rings. The smallest absolute Gasteiger partial charge is 0.309 e. The van der Waals surface area contributed by atoms with Crippen molar-refractivity contribution in [3.05, 3.63) is 53.9 Å². The molecule has 0 saturated heterocycles. The summed E-state index contributed by atoms with van der Waals surface area (Å²) in [6.45, 7) is 6.47. The van der Waals surface area contributed by atoms with Gasteiger partial charge in [0.15, 0.2) is 5.13 Å². The number of hydrogen-bond donors (Lipinski definition) is 3. The highest BCUT2D eigenvalue weighted by Gasteiger charge is 2.19. The lowest BCUT2D eigenvalue weighted by molar-refractivity contribution is -0.136. The summed E-state index contributed by atoms with van der Waals surface area (Å²) >= 11 is 2.40. The van der Waals surface area contributed by atoms with Gasteiger partial charge in [-0.25, -0.2) is 9.97 Å². The van der Waals surface area contributed by atoms with Gasteiger partial charge < -0.3 is 20.5 Å². The monoisotopic (exact) mass is 514 g/mol. The lowest BCUT2D eigenvalue weighted by Gasteiger charge is -2.14. The highest BCUT2D eigenvalue weighted by atomic mass is 32.2. The molecule has 35 heavy (non-hydrogen) atoms. The maximum Gasteiger partial charge on any atom is 0.309 e. The van der Waals surface area contributed by atoms with E-state index in [1.165, 1.54) is 11.8 Å². The van der Waals surface area contributed by atoms with Crippen LogP contribution in [0.1, 0.15) is 31.5 Å². The number of pyridine rings is 1. The van der Waals surface area contributed by atoms with Gasteiger partial charge in [0.05, 0.1) is 28.6 Å². The molecular weight excluding hydrogens is 488 g/mol. The zero-order valence-corrected chi connectivity index (χ0v) is 21.2. The molecule has 0 saturated carbocycles. The molecule has 184 valence electrons. The molecule has 9 nitrogen and oxygen atoms in total. The number of ether oxygens (including phenoxy) is 1. The van der Waals surface area contributed by atoms with Gasteiger partial charge in [-0.2, -0.15) is 0 Å². The van der Waals surface area contributed by atoms with E-state index in [1.54, 1.807) is 24.4 Å². The Bertz CT molecular complexity index is 1200. The van der Waals surface area contributed by atoms with E-state index in [4.69, 9.17) is 4.74 Å². The zero-order valence-electron chi connectivity index (χ0n) is 19.5. The molecular formula is C24H26N4O5S2. The fraction of sp³-hybridized carbons (Fsp3) is 0.292. The number of thiazole rings is 1. The Balaban J connectivity index is 1.65. The van der Waals surface area contributed by atoms with Crippen molar-refractivity contribution < 1.29 is 24.2 Å². The fourth-order valence-corrected chi connectivity index (χ4v) is 4.92. The lowest BCUT2D eigenvalue weighted by atomic mass is 10.2. The van der Waals surface area contributed by atoms with Gasteiger partial charge in [0.1, 0.15) is 17.2 Å². The third-order valence-electron chi connectivity index (χ3n) is 4.37. The molecule has 0 aliphatic carbocycles. The van der Waals surface area contributed by atoms with Gasteiger partial charge in [-0.15, -0.1) is 0 Å². The van der Waals surface area contributed by atoms with Crippen molar-refractivity contribution in [3.63, 3.8) is 0 Å². The maximum atomic E-state index is 12.5. The summed E-state index contributed by atoms with van der Waals surface area (Å²) in [5.74, 6) is -1.25. The standard InChI is InChI=1S/C24H26N4O5S2/c1-14(2)13-33-18-10-15(3)7-8-16(18)26-19(29)12-20(30)28-24-27-17(11-22(31)32)23(35-24)34-21-6-4-5-9-25-21/h4-10,14H,11-13H2,1-3H3,(H,26,29)(H,31,32)(H,27,28,30). The molecule has 2 aromatic heterocycles. The van der Waals surface area contributed by atoms with Crippen molar-refractivity contribution in [3.8, 4) is 5.75 Å². The minimum absolute atomic E-state index is 0.216. The van der Waals surface area contributed by atoms with Crippen molar-refractivity contribution >= 4 is 51.7 Å². The molecule has 3 rings (SSSR count). The number of carboxylic acid groups (broad SMARTS) is 1. The molecule has 0 fully saturated rings. The van der Waals surface area contributed by atoms with E-state index in [0.29, 0.717) is 38.9 Å². The number of benzene rings is 1. The molecule has 11 heteroatoms. The summed E-state index contributed by atoms with van der Waals surface area (Å²) in [5, 5.41) is 15.4. The Morgan fingerprint density at radius 1 is 1.14 bits per heavy atom. The van der Waals surface area contributed by atoms with Crippen LogP contribution in [0.4, 0.5) is 10.8 Å². The number of hydrogen-bond acceptors (Lipinski definition) is 8. The second-order valence-electron chi connectivity index (χ2n) is 8.07. The molecule has 0 radical (unpaired) electrons. The first-order chi connectivity index (χ1) is 16.7. The molecule has 0 atom stereocenters. The number of amides is 2. The van der Waals surface area contributed by atoms with Gasteiger partial charge in [-0.05, 0) is 42.7 Å². The van der Waals surface area contributed by atoms with Gasteiger partial charge >= 0.3 is 5.97 Å². The number of carboxylic acids is 1.